The molecule has 1 saturated carbocycles. The van der Waals surface area contributed by atoms with E-state index in [1.807, 2.05) is 6.92 Å². The molecule has 1 fully saturated rings. The van der Waals surface area contributed by atoms with Gasteiger partial charge in [0.05, 0.1) is 0 Å². The van der Waals surface area contributed by atoms with Gasteiger partial charge in [-0.2, -0.15) is 0 Å². The monoisotopic (exact) mass is 312 g/mol. The fraction of sp³-hybridized carbons (Fsp3) is 0.550. The molecule has 0 amide bonds. The van der Waals surface area contributed by atoms with Crippen LogP contribution in [0.5, 0.6) is 5.75 Å². The average Bonchev–Trinajstić information content (AvgIpc) is 2.96. The van der Waals surface area contributed by atoms with Crippen molar-refractivity contribution in [3.05, 3.63) is 34.4 Å². The summed E-state index contributed by atoms with van der Waals surface area (Å²) in [5, 5.41) is 21.2. The van der Waals surface area contributed by atoms with Crippen molar-refractivity contribution in [3.63, 3.8) is 0 Å². The Morgan fingerprint density at radius 1 is 1.22 bits per heavy atom. The van der Waals surface area contributed by atoms with Gasteiger partial charge in [0.25, 0.3) is 0 Å². The minimum atomic E-state index is -1.42. The lowest BCUT2D eigenvalue weighted by atomic mass is 9.83. The third kappa shape index (κ3) is 1.66. The van der Waals surface area contributed by atoms with Crippen molar-refractivity contribution in [2.45, 2.75) is 58.5 Å². The molecule has 0 spiro atoms. The van der Waals surface area contributed by atoms with Crippen molar-refractivity contribution >= 4 is 11.4 Å². The van der Waals surface area contributed by atoms with Crippen molar-refractivity contribution < 1.29 is 15.0 Å². The zero-order chi connectivity index (χ0) is 16.9. The minimum Gasteiger partial charge on any atom is -0.507 e. The Kier molecular flexibility index (Phi) is 2.65. The van der Waals surface area contributed by atoms with Crippen LogP contribution in [0.1, 0.15) is 72.1 Å². The number of Topliss-reactive ketones (excluding diaryl/α,β-unsaturated/α-hetero) is 1. The zero-order valence-electron chi connectivity index (χ0n) is 14.3. The first-order valence-corrected chi connectivity index (χ1v) is 8.42. The maximum atomic E-state index is 12.8. The number of rotatable bonds is 0. The summed E-state index contributed by atoms with van der Waals surface area (Å²) in [6.07, 6.45) is 2.14. The van der Waals surface area contributed by atoms with E-state index in [1.54, 1.807) is 6.92 Å². The molecule has 0 radical (unpaired) electrons. The molecule has 0 saturated heterocycles. The summed E-state index contributed by atoms with van der Waals surface area (Å²) in [5.74, 6) is 0.873. The topological polar surface area (TPSA) is 57.5 Å². The first-order valence-electron chi connectivity index (χ1n) is 8.42. The van der Waals surface area contributed by atoms with E-state index < -0.39 is 5.60 Å². The summed E-state index contributed by atoms with van der Waals surface area (Å²) in [5.41, 5.74) is 3.79. The summed E-state index contributed by atoms with van der Waals surface area (Å²) in [4.78, 5) is 12.8. The van der Waals surface area contributed by atoms with Gasteiger partial charge in [-0.15, -0.1) is 0 Å². The van der Waals surface area contributed by atoms with Crippen molar-refractivity contribution in [2.24, 2.45) is 11.3 Å². The summed E-state index contributed by atoms with van der Waals surface area (Å²) in [7, 11) is 0. The van der Waals surface area contributed by atoms with Crippen LogP contribution in [0.4, 0.5) is 0 Å². The Bertz CT molecular complexity index is 783. The number of hydrogen-bond donors (Lipinski definition) is 2. The highest BCUT2D eigenvalue weighted by Gasteiger charge is 2.60. The second-order valence-corrected chi connectivity index (χ2v) is 8.44. The van der Waals surface area contributed by atoms with Crippen LogP contribution in [0.2, 0.25) is 0 Å². The standard InChI is InChI=1S/C20H24O3/c1-9-6-7-12-16(19(12,3)4)14-10(2)17(21)11-8-20(5,23)18(22)15(11)13(9)14/h12,16,21,23H,1,6-8H2,2-5H3. The minimum absolute atomic E-state index is 0.186. The lowest BCUT2D eigenvalue weighted by molar-refractivity contribution is 0.0460. The number of hydrogen-bond acceptors (Lipinski definition) is 3. The molecular weight excluding hydrogens is 288 g/mol. The Hall–Kier alpha value is -1.61. The van der Waals surface area contributed by atoms with E-state index in [-0.39, 0.29) is 23.4 Å². The van der Waals surface area contributed by atoms with E-state index in [9.17, 15) is 15.0 Å². The lowest BCUT2D eigenvalue weighted by Crippen LogP contribution is -2.31. The predicted molar refractivity (Wildman–Crippen MR) is 89.8 cm³/mol. The van der Waals surface area contributed by atoms with Gasteiger partial charge >= 0.3 is 0 Å². The van der Waals surface area contributed by atoms with E-state index in [2.05, 4.69) is 20.4 Å². The number of fused-ring (bicyclic) bond motifs is 5. The van der Waals surface area contributed by atoms with Crippen molar-refractivity contribution in [3.8, 4) is 5.75 Å². The van der Waals surface area contributed by atoms with Crippen LogP contribution >= 0.6 is 0 Å². The lowest BCUT2D eigenvalue weighted by Gasteiger charge is -2.21. The van der Waals surface area contributed by atoms with Crippen molar-refractivity contribution in [1.29, 1.82) is 0 Å². The Morgan fingerprint density at radius 2 is 1.87 bits per heavy atom. The van der Waals surface area contributed by atoms with E-state index in [1.165, 1.54) is 0 Å². The molecule has 3 atom stereocenters. The first-order chi connectivity index (χ1) is 10.6. The molecule has 3 nitrogen and oxygen atoms in total. The van der Waals surface area contributed by atoms with Gasteiger partial charge in [-0.3, -0.25) is 4.79 Å². The Balaban J connectivity index is 2.07. The van der Waals surface area contributed by atoms with E-state index >= 15 is 0 Å². The fourth-order valence-corrected chi connectivity index (χ4v) is 5.13. The molecule has 0 aromatic heterocycles. The predicted octanol–water partition coefficient (Wildman–Crippen LogP) is 3.74. The highest BCUT2D eigenvalue weighted by molar-refractivity contribution is 6.11. The van der Waals surface area contributed by atoms with Gasteiger partial charge in [0, 0.05) is 17.5 Å². The number of carbonyl (C=O) groups excluding carboxylic acids is 1. The van der Waals surface area contributed by atoms with Gasteiger partial charge in [-0.05, 0) is 66.2 Å². The molecule has 122 valence electrons. The molecule has 3 heteroatoms. The molecule has 3 aliphatic rings. The quantitative estimate of drug-likeness (QED) is 0.767. The van der Waals surface area contributed by atoms with Crippen LogP contribution in [0, 0.1) is 18.3 Å². The number of ketones is 1. The smallest absolute Gasteiger partial charge is 0.195 e. The summed E-state index contributed by atoms with van der Waals surface area (Å²) < 4.78 is 0. The molecule has 3 unspecified atom stereocenters. The van der Waals surface area contributed by atoms with Crippen LogP contribution in [0.3, 0.4) is 0 Å². The number of carbonyl (C=O) groups is 1. The fourth-order valence-electron chi connectivity index (χ4n) is 5.13. The molecular formula is C20H24O3. The molecule has 4 rings (SSSR count). The zero-order valence-corrected chi connectivity index (χ0v) is 14.3. The SMILES string of the molecule is C=C1CCC2C(c3c(C)c(O)c4c(c31)C(=O)C(C)(O)C4)C2(C)C. The second kappa shape index (κ2) is 4.07. The normalized spacial score (nSPS) is 33.8. The van der Waals surface area contributed by atoms with Gasteiger partial charge in [0.2, 0.25) is 0 Å². The number of aromatic hydroxyl groups is 1. The largest absolute Gasteiger partial charge is 0.507 e. The van der Waals surface area contributed by atoms with E-state index in [4.69, 9.17) is 0 Å². The highest BCUT2D eigenvalue weighted by atomic mass is 16.3. The van der Waals surface area contributed by atoms with Gasteiger partial charge < -0.3 is 10.2 Å². The second-order valence-electron chi connectivity index (χ2n) is 8.44. The Labute approximate surface area is 137 Å². The molecule has 0 bridgehead atoms. The number of phenols is 1. The molecule has 1 aromatic carbocycles. The average molecular weight is 312 g/mol. The summed E-state index contributed by atoms with van der Waals surface area (Å²) in [6, 6.07) is 0. The number of phenolic OH excluding ortho intramolecular Hbond substituents is 1. The van der Waals surface area contributed by atoms with Crippen LogP contribution in [0.25, 0.3) is 5.57 Å². The maximum Gasteiger partial charge on any atom is 0.195 e. The molecule has 23 heavy (non-hydrogen) atoms. The maximum absolute atomic E-state index is 12.8. The first kappa shape index (κ1) is 14.9. The molecule has 0 heterocycles. The third-order valence-corrected chi connectivity index (χ3v) is 6.58. The Morgan fingerprint density at radius 3 is 2.52 bits per heavy atom. The molecule has 1 aromatic rings. The van der Waals surface area contributed by atoms with E-state index in [0.29, 0.717) is 23.0 Å². The van der Waals surface area contributed by atoms with Crippen LogP contribution in [-0.2, 0) is 6.42 Å². The molecule has 3 aliphatic carbocycles. The van der Waals surface area contributed by atoms with Crippen LogP contribution < -0.4 is 0 Å². The number of benzene rings is 1. The molecule has 2 N–H and O–H groups in total. The van der Waals surface area contributed by atoms with Gasteiger partial charge in [0.1, 0.15) is 11.4 Å². The number of aliphatic hydroxyl groups is 1. The third-order valence-electron chi connectivity index (χ3n) is 6.58. The van der Waals surface area contributed by atoms with Gasteiger partial charge in [-0.1, -0.05) is 20.4 Å². The number of allylic oxidation sites excluding steroid dienone is 1. The van der Waals surface area contributed by atoms with Crippen molar-refractivity contribution in [2.75, 3.05) is 0 Å². The van der Waals surface area contributed by atoms with Crippen LogP contribution in [0.15, 0.2) is 6.58 Å². The van der Waals surface area contributed by atoms with E-state index in [0.717, 1.165) is 35.1 Å². The summed E-state index contributed by atoms with van der Waals surface area (Å²) in [6.45, 7) is 12.2. The van der Waals surface area contributed by atoms with Gasteiger partial charge in [0.15, 0.2) is 5.78 Å². The van der Waals surface area contributed by atoms with Gasteiger partial charge in [-0.25, -0.2) is 0 Å². The molecule has 0 aliphatic heterocycles. The van der Waals surface area contributed by atoms with Crippen molar-refractivity contribution in [1.82, 2.24) is 0 Å². The summed E-state index contributed by atoms with van der Waals surface area (Å²) >= 11 is 0. The van der Waals surface area contributed by atoms with Crippen LogP contribution in [-0.4, -0.2) is 21.6 Å². The highest BCUT2D eigenvalue weighted by Crippen LogP contribution is 2.70.